The average molecular weight is 536 g/mol. The molecule has 3 amide bonds. The molecule has 1 aromatic carbocycles. The fraction of sp³-hybridized carbons (Fsp3) is 0.522. The molecule has 1 aromatic rings. The highest BCUT2D eigenvalue weighted by molar-refractivity contribution is 5.91. The molecule has 2 rings (SSSR count). The molecule has 1 saturated heterocycles. The van der Waals surface area contributed by atoms with Gasteiger partial charge in [-0.3, -0.25) is 9.59 Å². The Morgan fingerprint density at radius 1 is 1.26 bits per heavy atom. The zero-order valence-corrected chi connectivity index (χ0v) is 21.1. The monoisotopic (exact) mass is 535 g/mol. The number of hydrazine groups is 1. The number of nitrogens with zero attached hydrogens (tertiary/aromatic N) is 3. The van der Waals surface area contributed by atoms with E-state index >= 15 is 0 Å². The lowest BCUT2D eigenvalue weighted by Gasteiger charge is -2.28. The number of carbonyl (C=O) groups excluding carboxylic acids is 4. The van der Waals surface area contributed by atoms with Crippen LogP contribution in [0.5, 0.6) is 0 Å². The molecule has 15 nitrogen and oxygen atoms in total. The fourth-order valence-electron chi connectivity index (χ4n) is 3.81. The number of hydrogen-bond donors (Lipinski definition) is 4. The van der Waals surface area contributed by atoms with Crippen LogP contribution in [0.1, 0.15) is 37.7 Å². The van der Waals surface area contributed by atoms with E-state index in [2.05, 4.69) is 15.6 Å². The van der Waals surface area contributed by atoms with Crippen LogP contribution in [0.25, 0.3) is 0 Å². The van der Waals surface area contributed by atoms with Crippen molar-refractivity contribution in [1.29, 1.82) is 0 Å². The van der Waals surface area contributed by atoms with E-state index in [1.807, 2.05) is 30.3 Å². The highest BCUT2D eigenvalue weighted by Crippen LogP contribution is 2.20. The van der Waals surface area contributed by atoms with Crippen molar-refractivity contribution in [3.05, 3.63) is 46.0 Å². The Bertz CT molecular complexity index is 1000. The van der Waals surface area contributed by atoms with E-state index in [1.165, 1.54) is 12.0 Å². The number of amides is 3. The third-order valence-corrected chi connectivity index (χ3v) is 5.62. The van der Waals surface area contributed by atoms with Crippen LogP contribution in [-0.2, 0) is 30.5 Å². The highest BCUT2D eigenvalue weighted by atomic mass is 16.7. The van der Waals surface area contributed by atoms with Gasteiger partial charge in [-0.05, 0) is 31.2 Å². The van der Waals surface area contributed by atoms with Gasteiger partial charge in [-0.2, -0.15) is 0 Å². The zero-order valence-electron chi connectivity index (χ0n) is 21.1. The number of hydrogen-bond acceptors (Lipinski definition) is 9. The number of carbonyl (C=O) groups is 4. The SMILES string of the molecule is COC(=O)[C@@H]1CCCN1C(=O)[C@H](CCCN=C(N)N[N+](=O)[O-])NC(=O)CCNC(=O)OCc1ccccc1. The minimum Gasteiger partial charge on any atom is -0.467 e. The standard InChI is InChI=1S/C23H33N7O8/c1-37-21(33)18-10-6-14-29(18)20(32)17(9-5-12-25-22(24)28-30(35)36)27-19(31)11-13-26-23(34)38-15-16-7-3-2-4-8-16/h2-4,7-8,17-18H,5-6,9-15H2,1H3,(H,26,34)(H,27,31)(H3,24,25,28)/t17-,18-/m0/s1. The Morgan fingerprint density at radius 2 is 2.00 bits per heavy atom. The average Bonchev–Trinajstić information content (AvgIpc) is 3.38. The summed E-state index contributed by atoms with van der Waals surface area (Å²) in [5.74, 6) is -1.89. The second kappa shape index (κ2) is 15.6. The summed E-state index contributed by atoms with van der Waals surface area (Å²) in [5.41, 5.74) is 7.92. The highest BCUT2D eigenvalue weighted by Gasteiger charge is 2.38. The third kappa shape index (κ3) is 10.3. The number of ether oxygens (including phenoxy) is 2. The van der Waals surface area contributed by atoms with Gasteiger partial charge in [0.05, 0.1) is 7.11 Å². The molecule has 38 heavy (non-hydrogen) atoms. The first-order valence-corrected chi connectivity index (χ1v) is 12.0. The Labute approximate surface area is 219 Å². The molecule has 1 heterocycles. The first-order chi connectivity index (χ1) is 18.2. The number of guanidine groups is 1. The van der Waals surface area contributed by atoms with E-state index in [-0.39, 0.29) is 39.0 Å². The summed E-state index contributed by atoms with van der Waals surface area (Å²) in [6.45, 7) is 0.443. The number of benzene rings is 1. The number of esters is 1. The minimum atomic E-state index is -0.988. The maximum absolute atomic E-state index is 13.2. The molecule has 2 atom stereocenters. The van der Waals surface area contributed by atoms with Crippen molar-refractivity contribution in [3.8, 4) is 0 Å². The van der Waals surface area contributed by atoms with Crippen LogP contribution in [0.15, 0.2) is 35.3 Å². The van der Waals surface area contributed by atoms with E-state index in [0.29, 0.717) is 19.4 Å². The van der Waals surface area contributed by atoms with E-state index in [1.54, 1.807) is 5.43 Å². The van der Waals surface area contributed by atoms with Crippen LogP contribution in [0, 0.1) is 10.1 Å². The van der Waals surface area contributed by atoms with Crippen molar-refractivity contribution in [1.82, 2.24) is 21.0 Å². The molecule has 1 fully saturated rings. The lowest BCUT2D eigenvalue weighted by Crippen LogP contribution is -2.52. The largest absolute Gasteiger partial charge is 0.467 e. The molecular formula is C23H33N7O8. The number of nitrogens with one attached hydrogen (secondary N) is 3. The molecule has 0 aromatic heterocycles. The normalized spacial score (nSPS) is 15.8. The summed E-state index contributed by atoms with van der Waals surface area (Å²) in [6, 6.07) is 7.36. The molecule has 0 unspecified atom stereocenters. The number of aliphatic imine (C=N–C) groups is 1. The van der Waals surface area contributed by atoms with Crippen LogP contribution in [0.2, 0.25) is 0 Å². The fourth-order valence-corrected chi connectivity index (χ4v) is 3.81. The van der Waals surface area contributed by atoms with Crippen LogP contribution in [-0.4, -0.2) is 78.6 Å². The molecular weight excluding hydrogens is 502 g/mol. The van der Waals surface area contributed by atoms with Crippen molar-refractivity contribution in [3.63, 3.8) is 0 Å². The topological polar surface area (TPSA) is 208 Å². The van der Waals surface area contributed by atoms with Gasteiger partial charge in [0, 0.05) is 26.1 Å². The summed E-state index contributed by atoms with van der Waals surface area (Å²) < 4.78 is 9.88. The second-order valence-electron chi connectivity index (χ2n) is 8.35. The van der Waals surface area contributed by atoms with Gasteiger partial charge in [-0.1, -0.05) is 35.8 Å². The summed E-state index contributed by atoms with van der Waals surface area (Å²) in [5, 5.41) is 14.7. The maximum Gasteiger partial charge on any atom is 0.407 e. The van der Waals surface area contributed by atoms with Crippen LogP contribution < -0.4 is 21.8 Å². The van der Waals surface area contributed by atoms with Crippen molar-refractivity contribution in [2.24, 2.45) is 10.7 Å². The third-order valence-electron chi connectivity index (χ3n) is 5.62. The second-order valence-corrected chi connectivity index (χ2v) is 8.35. The summed E-state index contributed by atoms with van der Waals surface area (Å²) in [6.07, 6.45) is 0.637. The predicted molar refractivity (Wildman–Crippen MR) is 134 cm³/mol. The maximum atomic E-state index is 13.2. The number of likely N-dealkylation sites (tertiary alicyclic amines) is 1. The molecule has 0 aliphatic carbocycles. The quantitative estimate of drug-likeness (QED) is 0.0654. The van der Waals surface area contributed by atoms with Gasteiger partial charge in [0.15, 0.2) is 5.03 Å². The Kier molecular flexibility index (Phi) is 12.3. The Hall–Kier alpha value is -4.43. The molecule has 208 valence electrons. The van der Waals surface area contributed by atoms with E-state index in [4.69, 9.17) is 15.2 Å². The number of rotatable bonds is 13. The van der Waals surface area contributed by atoms with E-state index in [0.717, 1.165) is 5.56 Å². The zero-order chi connectivity index (χ0) is 27.9. The van der Waals surface area contributed by atoms with Crippen LogP contribution in [0.4, 0.5) is 4.79 Å². The number of nitrogens with two attached hydrogens (primary N) is 1. The molecule has 0 saturated carbocycles. The van der Waals surface area contributed by atoms with Crippen LogP contribution >= 0.6 is 0 Å². The van der Waals surface area contributed by atoms with Gasteiger partial charge in [0.2, 0.25) is 11.8 Å². The summed E-state index contributed by atoms with van der Waals surface area (Å²) in [7, 11) is 1.24. The van der Waals surface area contributed by atoms with E-state index in [9.17, 15) is 29.3 Å². The molecule has 15 heteroatoms. The molecule has 1 aliphatic rings. The molecule has 0 spiro atoms. The van der Waals surface area contributed by atoms with Crippen molar-refractivity contribution in [2.75, 3.05) is 26.7 Å². The van der Waals surface area contributed by atoms with Gasteiger partial charge >= 0.3 is 12.1 Å². The molecule has 0 radical (unpaired) electrons. The van der Waals surface area contributed by atoms with E-state index < -0.39 is 47.0 Å². The predicted octanol–water partition coefficient (Wildman–Crippen LogP) is -0.172. The van der Waals surface area contributed by atoms with Crippen molar-refractivity contribution < 1.29 is 33.7 Å². The summed E-state index contributed by atoms with van der Waals surface area (Å²) in [4.78, 5) is 65.4. The van der Waals surface area contributed by atoms with Gasteiger partial charge < -0.3 is 30.7 Å². The van der Waals surface area contributed by atoms with Crippen LogP contribution in [0.3, 0.4) is 0 Å². The lowest BCUT2D eigenvalue weighted by molar-refractivity contribution is -0.525. The number of alkyl carbamates (subject to hydrolysis) is 1. The molecule has 1 aliphatic heterocycles. The van der Waals surface area contributed by atoms with Gasteiger partial charge in [0.25, 0.3) is 5.96 Å². The number of nitro groups is 1. The first kappa shape index (κ1) is 29.8. The smallest absolute Gasteiger partial charge is 0.407 e. The Balaban J connectivity index is 1.90. The van der Waals surface area contributed by atoms with Gasteiger partial charge in [-0.25, -0.2) is 24.7 Å². The van der Waals surface area contributed by atoms with Crippen molar-refractivity contribution in [2.45, 2.75) is 50.8 Å². The van der Waals surface area contributed by atoms with Crippen molar-refractivity contribution >= 4 is 29.8 Å². The number of methoxy groups -OCH3 is 1. The van der Waals surface area contributed by atoms with Gasteiger partial charge in [-0.15, -0.1) is 0 Å². The molecule has 5 N–H and O–H groups in total. The van der Waals surface area contributed by atoms with Gasteiger partial charge in [0.1, 0.15) is 18.7 Å². The first-order valence-electron chi connectivity index (χ1n) is 12.0. The summed E-state index contributed by atoms with van der Waals surface area (Å²) >= 11 is 0. The lowest BCUT2D eigenvalue weighted by atomic mass is 10.1. The minimum absolute atomic E-state index is 0.0255. The Morgan fingerprint density at radius 3 is 2.68 bits per heavy atom. The molecule has 0 bridgehead atoms.